The van der Waals surface area contributed by atoms with Crippen molar-refractivity contribution in [2.24, 2.45) is 0 Å². The molecule has 3 rings (SSSR count). The average Bonchev–Trinajstić information content (AvgIpc) is 2.91. The van der Waals surface area contributed by atoms with Crippen molar-refractivity contribution >= 4 is 62.3 Å². The number of carbonyl (C=O) groups is 2. The summed E-state index contributed by atoms with van der Waals surface area (Å²) in [4.78, 5) is 28.6. The second-order valence-corrected chi connectivity index (χ2v) is 13.1. The van der Waals surface area contributed by atoms with Gasteiger partial charge in [-0.25, -0.2) is 8.42 Å². The summed E-state index contributed by atoms with van der Waals surface area (Å²) in [6.07, 6.45) is 0.702. The molecule has 0 bridgehead atoms. The first-order chi connectivity index (χ1) is 19.2. The Morgan fingerprint density at radius 1 is 0.902 bits per heavy atom. The van der Waals surface area contributed by atoms with Crippen molar-refractivity contribution in [3.63, 3.8) is 0 Å². The monoisotopic (exact) mass is 637 g/mol. The second kappa shape index (κ2) is 13.9. The Morgan fingerprint density at radius 2 is 1.51 bits per heavy atom. The second-order valence-electron chi connectivity index (χ2n) is 10.0. The van der Waals surface area contributed by atoms with Gasteiger partial charge in [0.15, 0.2) is 0 Å². The predicted octanol–water partition coefficient (Wildman–Crippen LogP) is 6.79. The van der Waals surface area contributed by atoms with Gasteiger partial charge in [0.1, 0.15) is 12.6 Å². The number of nitrogens with one attached hydrogen (secondary N) is 1. The van der Waals surface area contributed by atoms with E-state index in [-0.39, 0.29) is 23.4 Å². The van der Waals surface area contributed by atoms with E-state index in [0.29, 0.717) is 38.3 Å². The van der Waals surface area contributed by atoms with E-state index >= 15 is 0 Å². The molecule has 41 heavy (non-hydrogen) atoms. The largest absolute Gasteiger partial charge is 0.352 e. The van der Waals surface area contributed by atoms with Crippen molar-refractivity contribution in [3.05, 3.63) is 92.4 Å². The van der Waals surface area contributed by atoms with Gasteiger partial charge in [-0.3, -0.25) is 13.9 Å². The van der Waals surface area contributed by atoms with Crippen molar-refractivity contribution in [1.29, 1.82) is 0 Å². The molecule has 0 aliphatic rings. The third kappa shape index (κ3) is 8.16. The Kier molecular flexibility index (Phi) is 11.1. The zero-order valence-electron chi connectivity index (χ0n) is 23.6. The van der Waals surface area contributed by atoms with E-state index in [4.69, 9.17) is 34.8 Å². The molecule has 0 aliphatic carbocycles. The standard InChI is InChI=1S/C30H34Cl3N3O4S/c1-6-21(4)34-30(38)22(5)35(17-23-9-10-25(32)16-27(23)33)29(37)18-36(28-14-11-24(31)15-20(28)3)41(39,40)26-12-7-19(2)8-13-26/h7-16,21-22H,6,17-18H2,1-5H3,(H,34,38)/t21-,22-/m1/s1. The number of rotatable bonds is 11. The third-order valence-corrected chi connectivity index (χ3v) is 9.44. The van der Waals surface area contributed by atoms with Crippen LogP contribution in [-0.4, -0.2) is 43.8 Å². The molecule has 220 valence electrons. The first-order valence-corrected chi connectivity index (χ1v) is 15.7. The Bertz CT molecular complexity index is 1510. The number of aryl methyl sites for hydroxylation is 2. The topological polar surface area (TPSA) is 86.8 Å². The summed E-state index contributed by atoms with van der Waals surface area (Å²) in [6, 6.07) is 15.0. The van der Waals surface area contributed by atoms with Gasteiger partial charge in [0.2, 0.25) is 11.8 Å². The SMILES string of the molecule is CC[C@@H](C)NC(=O)[C@@H](C)N(Cc1ccc(Cl)cc1Cl)C(=O)CN(c1ccc(Cl)cc1C)S(=O)(=O)c1ccc(C)cc1. The highest BCUT2D eigenvalue weighted by molar-refractivity contribution is 7.92. The van der Waals surface area contributed by atoms with Gasteiger partial charge >= 0.3 is 0 Å². The van der Waals surface area contributed by atoms with Gasteiger partial charge in [-0.05, 0) is 87.7 Å². The maximum Gasteiger partial charge on any atom is 0.264 e. The number of amides is 2. The van der Waals surface area contributed by atoms with Crippen molar-refractivity contribution in [3.8, 4) is 0 Å². The molecule has 11 heteroatoms. The molecule has 0 spiro atoms. The van der Waals surface area contributed by atoms with Gasteiger partial charge in [-0.2, -0.15) is 0 Å². The number of carbonyl (C=O) groups excluding carboxylic acids is 2. The molecular weight excluding hydrogens is 605 g/mol. The molecular formula is C30H34Cl3N3O4S. The molecule has 0 fully saturated rings. The highest BCUT2D eigenvalue weighted by Crippen LogP contribution is 2.30. The van der Waals surface area contributed by atoms with Crippen molar-refractivity contribution in [2.75, 3.05) is 10.8 Å². The van der Waals surface area contributed by atoms with Crippen LogP contribution in [0.25, 0.3) is 0 Å². The van der Waals surface area contributed by atoms with Crippen LogP contribution in [0.4, 0.5) is 5.69 Å². The van der Waals surface area contributed by atoms with E-state index in [2.05, 4.69) is 5.32 Å². The summed E-state index contributed by atoms with van der Waals surface area (Å²) in [7, 11) is -4.19. The molecule has 3 aromatic rings. The molecule has 0 saturated heterocycles. The Morgan fingerprint density at radius 3 is 2.10 bits per heavy atom. The summed E-state index contributed by atoms with van der Waals surface area (Å²) in [5.74, 6) is -0.957. The maximum atomic E-state index is 14.1. The lowest BCUT2D eigenvalue weighted by molar-refractivity contribution is -0.139. The zero-order valence-corrected chi connectivity index (χ0v) is 26.7. The van der Waals surface area contributed by atoms with Crippen LogP contribution in [0.5, 0.6) is 0 Å². The Hall–Kier alpha value is -2.78. The van der Waals surface area contributed by atoms with Crippen LogP contribution in [0, 0.1) is 13.8 Å². The average molecular weight is 639 g/mol. The quantitative estimate of drug-likeness (QED) is 0.251. The summed E-state index contributed by atoms with van der Waals surface area (Å²) < 4.78 is 29.0. The fraction of sp³-hybridized carbons (Fsp3) is 0.333. The van der Waals surface area contributed by atoms with E-state index in [0.717, 1.165) is 9.87 Å². The summed E-state index contributed by atoms with van der Waals surface area (Å²) in [5.41, 5.74) is 2.31. The highest BCUT2D eigenvalue weighted by Gasteiger charge is 2.33. The van der Waals surface area contributed by atoms with E-state index in [1.807, 2.05) is 20.8 Å². The van der Waals surface area contributed by atoms with E-state index in [9.17, 15) is 18.0 Å². The molecule has 7 nitrogen and oxygen atoms in total. The third-order valence-electron chi connectivity index (χ3n) is 6.84. The van der Waals surface area contributed by atoms with E-state index < -0.39 is 28.5 Å². The first kappa shape index (κ1) is 32.7. The molecule has 0 unspecified atom stereocenters. The molecule has 2 atom stereocenters. The summed E-state index contributed by atoms with van der Waals surface area (Å²) in [5, 5.41) is 4.08. The minimum Gasteiger partial charge on any atom is -0.352 e. The highest BCUT2D eigenvalue weighted by atomic mass is 35.5. The van der Waals surface area contributed by atoms with Crippen LogP contribution >= 0.6 is 34.8 Å². The predicted molar refractivity (Wildman–Crippen MR) is 166 cm³/mol. The van der Waals surface area contributed by atoms with Crippen molar-refractivity contribution in [2.45, 2.75) is 64.6 Å². The van der Waals surface area contributed by atoms with Crippen LogP contribution in [0.1, 0.15) is 43.9 Å². The lowest BCUT2D eigenvalue weighted by Crippen LogP contribution is -2.52. The molecule has 0 aromatic heterocycles. The molecule has 1 N–H and O–H groups in total. The Balaban J connectivity index is 2.08. The molecule has 0 heterocycles. The molecule has 0 radical (unpaired) electrons. The van der Waals surface area contributed by atoms with Crippen LogP contribution in [0.2, 0.25) is 15.1 Å². The van der Waals surface area contributed by atoms with Crippen LogP contribution in [0.3, 0.4) is 0 Å². The van der Waals surface area contributed by atoms with Crippen LogP contribution in [-0.2, 0) is 26.2 Å². The fourth-order valence-corrected chi connectivity index (χ4v) is 6.30. The minimum absolute atomic E-state index is 0.0279. The van der Waals surface area contributed by atoms with Gasteiger partial charge < -0.3 is 10.2 Å². The fourth-order valence-electron chi connectivity index (χ4n) is 4.13. The summed E-state index contributed by atoms with van der Waals surface area (Å²) >= 11 is 18.7. The number of halogens is 3. The molecule has 0 saturated carbocycles. The number of benzene rings is 3. The lowest BCUT2D eigenvalue weighted by atomic mass is 10.1. The number of hydrogen-bond acceptors (Lipinski definition) is 4. The van der Waals surface area contributed by atoms with Crippen molar-refractivity contribution in [1.82, 2.24) is 10.2 Å². The van der Waals surface area contributed by atoms with E-state index in [1.165, 1.54) is 17.0 Å². The number of nitrogens with zero attached hydrogens (tertiary/aromatic N) is 2. The maximum absolute atomic E-state index is 14.1. The zero-order chi connectivity index (χ0) is 30.5. The number of sulfonamides is 1. The van der Waals surface area contributed by atoms with Gasteiger partial charge in [-0.15, -0.1) is 0 Å². The van der Waals surface area contributed by atoms with Crippen LogP contribution < -0.4 is 9.62 Å². The number of hydrogen-bond donors (Lipinski definition) is 1. The van der Waals surface area contributed by atoms with Gasteiger partial charge in [-0.1, -0.05) is 65.5 Å². The minimum atomic E-state index is -4.19. The molecule has 3 aromatic carbocycles. The normalized spacial score (nSPS) is 12.9. The Labute approximate surface area is 257 Å². The van der Waals surface area contributed by atoms with Gasteiger partial charge in [0.25, 0.3) is 10.0 Å². The molecule has 2 amide bonds. The van der Waals surface area contributed by atoms with Gasteiger partial charge in [0, 0.05) is 27.7 Å². The van der Waals surface area contributed by atoms with Crippen molar-refractivity contribution < 1.29 is 18.0 Å². The van der Waals surface area contributed by atoms with E-state index in [1.54, 1.807) is 62.4 Å². The lowest BCUT2D eigenvalue weighted by Gasteiger charge is -2.33. The smallest absolute Gasteiger partial charge is 0.264 e. The van der Waals surface area contributed by atoms with Crippen LogP contribution in [0.15, 0.2) is 65.6 Å². The molecule has 0 aliphatic heterocycles. The van der Waals surface area contributed by atoms with Gasteiger partial charge in [0.05, 0.1) is 10.6 Å². The number of anilines is 1. The first-order valence-electron chi connectivity index (χ1n) is 13.1. The summed E-state index contributed by atoms with van der Waals surface area (Å²) in [6.45, 7) is 8.38.